The van der Waals surface area contributed by atoms with Crippen LogP contribution in [0.15, 0.2) is 0 Å². The molecule has 5 nitrogen and oxygen atoms in total. The van der Waals surface area contributed by atoms with E-state index in [4.69, 9.17) is 9.57 Å². The number of hydrogen-bond donors (Lipinski definition) is 1. The van der Waals surface area contributed by atoms with Crippen molar-refractivity contribution in [2.45, 2.75) is 12.8 Å². The second-order valence-corrected chi connectivity index (χ2v) is 5.21. The smallest absolute Gasteiger partial charge is 0.251 e. The summed E-state index contributed by atoms with van der Waals surface area (Å²) < 4.78 is 5.56. The Morgan fingerprint density at radius 2 is 2.18 bits per heavy atom. The van der Waals surface area contributed by atoms with Crippen LogP contribution in [0.25, 0.3) is 0 Å². The first-order valence-electron chi connectivity index (χ1n) is 6.59. The molecule has 3 rings (SSSR count). The van der Waals surface area contributed by atoms with E-state index < -0.39 is 0 Å². The minimum atomic E-state index is -0.0122. The van der Waals surface area contributed by atoms with Crippen LogP contribution >= 0.6 is 0 Å². The van der Waals surface area contributed by atoms with Crippen molar-refractivity contribution < 1.29 is 14.4 Å². The molecule has 17 heavy (non-hydrogen) atoms. The van der Waals surface area contributed by atoms with Gasteiger partial charge in [-0.2, -0.15) is 0 Å². The molecule has 0 radical (unpaired) electrons. The van der Waals surface area contributed by atoms with Crippen LogP contribution in [0, 0.1) is 17.8 Å². The van der Waals surface area contributed by atoms with E-state index >= 15 is 0 Å². The molecule has 3 heterocycles. The maximum Gasteiger partial charge on any atom is 0.251 e. The third-order valence-electron chi connectivity index (χ3n) is 4.10. The third-order valence-corrected chi connectivity index (χ3v) is 4.10. The predicted octanol–water partition coefficient (Wildman–Crippen LogP) is 0.0224. The minimum Gasteiger partial charge on any atom is -0.380 e. The molecule has 96 valence electrons. The van der Waals surface area contributed by atoms with E-state index in [1.807, 2.05) is 0 Å². The van der Waals surface area contributed by atoms with Crippen LogP contribution in [0.3, 0.4) is 0 Å². The predicted molar refractivity (Wildman–Crippen MR) is 61.1 cm³/mol. The highest BCUT2D eigenvalue weighted by Crippen LogP contribution is 2.31. The first-order chi connectivity index (χ1) is 8.36. The van der Waals surface area contributed by atoms with Gasteiger partial charge in [0.05, 0.1) is 25.7 Å². The average Bonchev–Trinajstić information content (AvgIpc) is 2.87. The zero-order valence-corrected chi connectivity index (χ0v) is 10.1. The maximum absolute atomic E-state index is 12.4. The van der Waals surface area contributed by atoms with Crippen molar-refractivity contribution in [3.05, 3.63) is 0 Å². The molecular weight excluding hydrogens is 220 g/mol. The quantitative estimate of drug-likeness (QED) is 0.702. The molecule has 3 saturated heterocycles. The summed E-state index contributed by atoms with van der Waals surface area (Å²) in [6.07, 6.45) is 2.10. The van der Waals surface area contributed by atoms with Crippen molar-refractivity contribution in [1.29, 1.82) is 0 Å². The minimum absolute atomic E-state index is 0.0122. The van der Waals surface area contributed by atoms with Gasteiger partial charge in [-0.05, 0) is 31.2 Å². The fourth-order valence-corrected chi connectivity index (χ4v) is 3.09. The van der Waals surface area contributed by atoms with E-state index in [1.165, 1.54) is 0 Å². The molecule has 0 aromatic heterocycles. The summed E-state index contributed by atoms with van der Waals surface area (Å²) in [6, 6.07) is 0. The SMILES string of the molecule is O=C([C@@H]1COC[C@H]2CNC[C@H]21)N1CCCCO1. The van der Waals surface area contributed by atoms with Gasteiger partial charge >= 0.3 is 0 Å². The molecule has 3 fully saturated rings. The number of carbonyl (C=O) groups is 1. The summed E-state index contributed by atoms with van der Waals surface area (Å²) in [5, 5.41) is 4.93. The molecule has 3 aliphatic heterocycles. The number of nitrogens with one attached hydrogen (secondary N) is 1. The second-order valence-electron chi connectivity index (χ2n) is 5.21. The molecule has 1 amide bonds. The lowest BCUT2D eigenvalue weighted by molar-refractivity contribution is -0.207. The van der Waals surface area contributed by atoms with E-state index in [1.54, 1.807) is 5.06 Å². The molecular formula is C12H20N2O3. The van der Waals surface area contributed by atoms with Gasteiger partial charge in [-0.1, -0.05) is 0 Å². The zero-order chi connectivity index (χ0) is 11.7. The monoisotopic (exact) mass is 240 g/mol. The Morgan fingerprint density at radius 1 is 1.24 bits per heavy atom. The summed E-state index contributed by atoms with van der Waals surface area (Å²) in [6.45, 7) is 4.68. The summed E-state index contributed by atoms with van der Waals surface area (Å²) in [5.41, 5.74) is 0. The van der Waals surface area contributed by atoms with Gasteiger partial charge in [0.1, 0.15) is 0 Å². The normalized spacial score (nSPS) is 37.9. The molecule has 0 bridgehead atoms. The fourth-order valence-electron chi connectivity index (χ4n) is 3.09. The van der Waals surface area contributed by atoms with Gasteiger partial charge in [0.15, 0.2) is 0 Å². The van der Waals surface area contributed by atoms with Crippen LogP contribution in [0.2, 0.25) is 0 Å². The Labute approximate surface area is 101 Å². The molecule has 3 atom stereocenters. The number of fused-ring (bicyclic) bond motifs is 1. The van der Waals surface area contributed by atoms with E-state index in [0.717, 1.165) is 39.1 Å². The number of carbonyl (C=O) groups excluding carboxylic acids is 1. The third kappa shape index (κ3) is 2.19. The Hall–Kier alpha value is -0.650. The molecule has 0 aromatic rings. The Kier molecular flexibility index (Phi) is 3.31. The summed E-state index contributed by atoms with van der Waals surface area (Å²) in [5.74, 6) is 1.05. The number of hydrogen-bond acceptors (Lipinski definition) is 4. The van der Waals surface area contributed by atoms with Crippen LogP contribution in [0.4, 0.5) is 0 Å². The van der Waals surface area contributed by atoms with E-state index in [2.05, 4.69) is 5.32 Å². The van der Waals surface area contributed by atoms with Crippen molar-refractivity contribution >= 4 is 5.91 Å². The molecule has 0 saturated carbocycles. The van der Waals surface area contributed by atoms with Gasteiger partial charge < -0.3 is 10.1 Å². The van der Waals surface area contributed by atoms with Gasteiger partial charge in [-0.25, -0.2) is 5.06 Å². The van der Waals surface area contributed by atoms with Gasteiger partial charge in [0.2, 0.25) is 0 Å². The van der Waals surface area contributed by atoms with Crippen molar-refractivity contribution in [2.75, 3.05) is 39.5 Å². The van der Waals surface area contributed by atoms with Gasteiger partial charge in [0.25, 0.3) is 5.91 Å². The van der Waals surface area contributed by atoms with Gasteiger partial charge in [-0.15, -0.1) is 0 Å². The van der Waals surface area contributed by atoms with Crippen molar-refractivity contribution in [1.82, 2.24) is 10.4 Å². The van der Waals surface area contributed by atoms with Gasteiger partial charge in [-0.3, -0.25) is 9.63 Å². The number of amides is 1. The molecule has 5 heteroatoms. The highest BCUT2D eigenvalue weighted by atomic mass is 16.7. The Balaban J connectivity index is 1.67. The Bertz CT molecular complexity index is 291. The van der Waals surface area contributed by atoms with Crippen LogP contribution in [-0.2, 0) is 14.4 Å². The van der Waals surface area contributed by atoms with Gasteiger partial charge in [0, 0.05) is 13.1 Å². The molecule has 0 aromatic carbocycles. The molecule has 0 unspecified atom stereocenters. The molecule has 0 aliphatic carbocycles. The van der Waals surface area contributed by atoms with E-state index in [-0.39, 0.29) is 11.8 Å². The highest BCUT2D eigenvalue weighted by molar-refractivity contribution is 5.78. The lowest BCUT2D eigenvalue weighted by Gasteiger charge is -2.36. The Morgan fingerprint density at radius 3 is 3.00 bits per heavy atom. The van der Waals surface area contributed by atoms with E-state index in [9.17, 15) is 4.79 Å². The first-order valence-corrected chi connectivity index (χ1v) is 6.59. The first kappa shape index (κ1) is 11.4. The average molecular weight is 240 g/mol. The highest BCUT2D eigenvalue weighted by Gasteiger charge is 2.42. The van der Waals surface area contributed by atoms with Crippen LogP contribution in [0.5, 0.6) is 0 Å². The molecule has 1 N–H and O–H groups in total. The van der Waals surface area contributed by atoms with Crippen LogP contribution in [-0.4, -0.2) is 50.4 Å². The standard InChI is InChI=1S/C12H20N2O3/c15-12(14-3-1-2-4-17-14)11-8-16-7-9-5-13-6-10(9)11/h9-11,13H,1-8H2/t9-,10-,11-/m1/s1. The lowest BCUT2D eigenvalue weighted by Crippen LogP contribution is -2.47. The van der Waals surface area contributed by atoms with Crippen molar-refractivity contribution in [3.63, 3.8) is 0 Å². The maximum atomic E-state index is 12.4. The number of nitrogens with zero attached hydrogens (tertiary/aromatic N) is 1. The summed E-state index contributed by atoms with van der Waals surface area (Å²) in [4.78, 5) is 17.8. The topological polar surface area (TPSA) is 50.8 Å². The zero-order valence-electron chi connectivity index (χ0n) is 10.1. The van der Waals surface area contributed by atoms with E-state index in [0.29, 0.717) is 25.0 Å². The summed E-state index contributed by atoms with van der Waals surface area (Å²) >= 11 is 0. The molecule has 3 aliphatic rings. The van der Waals surface area contributed by atoms with Crippen molar-refractivity contribution in [3.8, 4) is 0 Å². The van der Waals surface area contributed by atoms with Crippen LogP contribution < -0.4 is 5.32 Å². The number of hydroxylamine groups is 2. The van der Waals surface area contributed by atoms with Crippen molar-refractivity contribution in [2.24, 2.45) is 17.8 Å². The summed E-state index contributed by atoms with van der Waals surface area (Å²) in [7, 11) is 0. The second kappa shape index (κ2) is 4.92. The number of rotatable bonds is 1. The number of ether oxygens (including phenoxy) is 1. The van der Waals surface area contributed by atoms with Crippen LogP contribution in [0.1, 0.15) is 12.8 Å². The lowest BCUT2D eigenvalue weighted by atomic mass is 9.82. The fraction of sp³-hybridized carbons (Fsp3) is 0.917. The molecule has 0 spiro atoms. The largest absolute Gasteiger partial charge is 0.380 e.